The second-order valence-electron chi connectivity index (χ2n) is 4.85. The molecule has 0 fully saturated rings. The van der Waals surface area contributed by atoms with Gasteiger partial charge in [0.15, 0.2) is 0 Å². The van der Waals surface area contributed by atoms with Crippen LogP contribution < -0.4 is 20.1 Å². The Hall–Kier alpha value is -2.58. The molecule has 1 aromatic carbocycles. The molecule has 25 heavy (non-hydrogen) atoms. The Morgan fingerprint density at radius 2 is 1.88 bits per heavy atom. The fourth-order valence-corrected chi connectivity index (χ4v) is 2.19. The molecule has 0 spiro atoms. The van der Waals surface area contributed by atoms with E-state index in [1.807, 2.05) is 0 Å². The van der Waals surface area contributed by atoms with Gasteiger partial charge in [-0.2, -0.15) is 0 Å². The quantitative estimate of drug-likeness (QED) is 0.692. The molecule has 8 nitrogen and oxygen atoms in total. The Balaban J connectivity index is 2.12. The third-order valence-electron chi connectivity index (χ3n) is 3.21. The van der Waals surface area contributed by atoms with E-state index in [1.54, 1.807) is 19.2 Å². The number of hydrogen-bond donors (Lipinski definition) is 2. The predicted octanol–water partition coefficient (Wildman–Crippen LogP) is 2.27. The standard InChI is InChI=1S/C16H19ClN4O4/c1-23-5-4-18-16(22)12-8-20-15(9-19-12)21-11-7-13(24-2)10(17)6-14(11)25-3/h6-9H,4-5H2,1-3H3,(H,18,22)(H,20,21). The number of nitrogens with zero attached hydrogens (tertiary/aromatic N) is 2. The van der Waals surface area contributed by atoms with Crippen LogP contribution in [0.4, 0.5) is 11.5 Å². The fourth-order valence-electron chi connectivity index (χ4n) is 1.96. The first-order valence-electron chi connectivity index (χ1n) is 7.36. The highest BCUT2D eigenvalue weighted by Gasteiger charge is 2.12. The molecule has 0 atom stereocenters. The van der Waals surface area contributed by atoms with E-state index in [-0.39, 0.29) is 11.6 Å². The zero-order valence-electron chi connectivity index (χ0n) is 14.1. The molecule has 0 saturated carbocycles. The van der Waals surface area contributed by atoms with Gasteiger partial charge in [0, 0.05) is 25.8 Å². The highest BCUT2D eigenvalue weighted by molar-refractivity contribution is 6.32. The molecule has 0 aliphatic rings. The molecule has 1 heterocycles. The van der Waals surface area contributed by atoms with Crippen LogP contribution in [0.3, 0.4) is 0 Å². The molecule has 0 aliphatic carbocycles. The largest absolute Gasteiger partial charge is 0.495 e. The maximum absolute atomic E-state index is 11.9. The van der Waals surface area contributed by atoms with E-state index in [4.69, 9.17) is 25.8 Å². The maximum Gasteiger partial charge on any atom is 0.271 e. The molecule has 0 aliphatic heterocycles. The third-order valence-corrected chi connectivity index (χ3v) is 3.51. The number of methoxy groups -OCH3 is 3. The number of nitrogens with one attached hydrogen (secondary N) is 2. The van der Waals surface area contributed by atoms with Gasteiger partial charge < -0.3 is 24.8 Å². The number of carbonyl (C=O) groups is 1. The van der Waals surface area contributed by atoms with Crippen LogP contribution in [0.15, 0.2) is 24.5 Å². The van der Waals surface area contributed by atoms with Crippen molar-refractivity contribution in [1.82, 2.24) is 15.3 Å². The van der Waals surface area contributed by atoms with E-state index >= 15 is 0 Å². The van der Waals surface area contributed by atoms with E-state index < -0.39 is 0 Å². The number of amides is 1. The van der Waals surface area contributed by atoms with Crippen LogP contribution >= 0.6 is 11.6 Å². The summed E-state index contributed by atoms with van der Waals surface area (Å²) in [5, 5.41) is 6.16. The lowest BCUT2D eigenvalue weighted by molar-refractivity contribution is 0.0932. The molecule has 2 aromatic rings. The summed E-state index contributed by atoms with van der Waals surface area (Å²) in [6.07, 6.45) is 2.83. The molecule has 0 bridgehead atoms. The van der Waals surface area contributed by atoms with E-state index in [1.165, 1.54) is 26.6 Å². The van der Waals surface area contributed by atoms with Crippen LogP contribution in [-0.2, 0) is 4.74 Å². The number of benzene rings is 1. The Morgan fingerprint density at radius 3 is 2.48 bits per heavy atom. The molecule has 2 N–H and O–H groups in total. The summed E-state index contributed by atoms with van der Waals surface area (Å²) in [5.74, 6) is 1.14. The second kappa shape index (κ2) is 9.05. The highest BCUT2D eigenvalue weighted by Crippen LogP contribution is 2.36. The van der Waals surface area contributed by atoms with Gasteiger partial charge in [0.2, 0.25) is 0 Å². The van der Waals surface area contributed by atoms with Gasteiger partial charge in [-0.15, -0.1) is 0 Å². The summed E-state index contributed by atoms with van der Waals surface area (Å²) >= 11 is 6.08. The number of halogens is 1. The van der Waals surface area contributed by atoms with Gasteiger partial charge in [-0.3, -0.25) is 4.79 Å². The van der Waals surface area contributed by atoms with Crippen LogP contribution in [0, 0.1) is 0 Å². The van der Waals surface area contributed by atoms with Gasteiger partial charge in [-0.25, -0.2) is 9.97 Å². The maximum atomic E-state index is 11.9. The summed E-state index contributed by atoms with van der Waals surface area (Å²) in [6.45, 7) is 0.829. The Labute approximate surface area is 150 Å². The summed E-state index contributed by atoms with van der Waals surface area (Å²) in [4.78, 5) is 20.1. The average molecular weight is 367 g/mol. The molecule has 0 saturated heterocycles. The van der Waals surface area contributed by atoms with Gasteiger partial charge in [0.25, 0.3) is 5.91 Å². The van der Waals surface area contributed by atoms with Crippen LogP contribution in [0.2, 0.25) is 5.02 Å². The summed E-state index contributed by atoms with van der Waals surface area (Å²) in [5.41, 5.74) is 0.817. The number of aromatic nitrogens is 2. The van der Waals surface area contributed by atoms with Crippen molar-refractivity contribution in [3.05, 3.63) is 35.2 Å². The first-order chi connectivity index (χ1) is 12.1. The van der Waals surface area contributed by atoms with E-state index in [2.05, 4.69) is 20.6 Å². The number of ether oxygens (including phenoxy) is 3. The van der Waals surface area contributed by atoms with Crippen LogP contribution in [0.25, 0.3) is 0 Å². The SMILES string of the molecule is COCCNC(=O)c1cnc(Nc2cc(OC)c(Cl)cc2OC)cn1. The Kier molecular flexibility index (Phi) is 6.79. The molecule has 0 unspecified atom stereocenters. The van der Waals surface area contributed by atoms with Gasteiger partial charge in [0.1, 0.15) is 23.0 Å². The van der Waals surface area contributed by atoms with Crippen molar-refractivity contribution in [2.24, 2.45) is 0 Å². The molecule has 2 rings (SSSR count). The topological polar surface area (TPSA) is 94.6 Å². The lowest BCUT2D eigenvalue weighted by Gasteiger charge is -2.13. The number of carbonyl (C=O) groups excluding carboxylic acids is 1. The van der Waals surface area contributed by atoms with Crippen LogP contribution in [-0.4, -0.2) is 50.4 Å². The molecule has 1 aromatic heterocycles. The molecular weight excluding hydrogens is 348 g/mol. The van der Waals surface area contributed by atoms with Gasteiger partial charge in [0.05, 0.1) is 43.9 Å². The minimum Gasteiger partial charge on any atom is -0.495 e. The zero-order valence-corrected chi connectivity index (χ0v) is 14.9. The van der Waals surface area contributed by atoms with E-state index in [9.17, 15) is 4.79 Å². The third kappa shape index (κ3) is 4.94. The van der Waals surface area contributed by atoms with E-state index in [0.29, 0.717) is 41.2 Å². The van der Waals surface area contributed by atoms with E-state index in [0.717, 1.165) is 0 Å². The summed E-state index contributed by atoms with van der Waals surface area (Å²) in [7, 11) is 4.61. The summed E-state index contributed by atoms with van der Waals surface area (Å²) in [6, 6.07) is 3.32. The lowest BCUT2D eigenvalue weighted by atomic mass is 10.2. The molecule has 134 valence electrons. The minimum atomic E-state index is -0.318. The fraction of sp³-hybridized carbons (Fsp3) is 0.312. The minimum absolute atomic E-state index is 0.210. The first kappa shape index (κ1) is 18.8. The van der Waals surface area contributed by atoms with Crippen molar-refractivity contribution in [3.63, 3.8) is 0 Å². The van der Waals surface area contributed by atoms with Crippen molar-refractivity contribution in [2.45, 2.75) is 0 Å². The molecular formula is C16H19ClN4O4. The highest BCUT2D eigenvalue weighted by atomic mass is 35.5. The van der Waals surface area contributed by atoms with Crippen molar-refractivity contribution >= 4 is 29.0 Å². The number of rotatable bonds is 8. The second-order valence-corrected chi connectivity index (χ2v) is 5.25. The zero-order chi connectivity index (χ0) is 18.2. The molecule has 9 heteroatoms. The first-order valence-corrected chi connectivity index (χ1v) is 7.74. The van der Waals surface area contributed by atoms with Gasteiger partial charge in [-0.05, 0) is 0 Å². The van der Waals surface area contributed by atoms with Gasteiger partial charge in [-0.1, -0.05) is 11.6 Å². The van der Waals surface area contributed by atoms with Crippen molar-refractivity contribution in [3.8, 4) is 11.5 Å². The van der Waals surface area contributed by atoms with Gasteiger partial charge >= 0.3 is 0 Å². The van der Waals surface area contributed by atoms with Crippen molar-refractivity contribution in [2.75, 3.05) is 39.8 Å². The van der Waals surface area contributed by atoms with Crippen LogP contribution in [0.5, 0.6) is 11.5 Å². The molecule has 0 radical (unpaired) electrons. The predicted molar refractivity (Wildman–Crippen MR) is 94.1 cm³/mol. The Morgan fingerprint density at radius 1 is 1.12 bits per heavy atom. The van der Waals surface area contributed by atoms with Crippen molar-refractivity contribution < 1.29 is 19.0 Å². The lowest BCUT2D eigenvalue weighted by Crippen LogP contribution is -2.27. The number of anilines is 2. The smallest absolute Gasteiger partial charge is 0.271 e. The van der Waals surface area contributed by atoms with Crippen LogP contribution in [0.1, 0.15) is 10.5 Å². The monoisotopic (exact) mass is 366 g/mol. The summed E-state index contributed by atoms with van der Waals surface area (Å²) < 4.78 is 15.4. The number of hydrogen-bond acceptors (Lipinski definition) is 7. The normalized spacial score (nSPS) is 10.2. The average Bonchev–Trinajstić information content (AvgIpc) is 2.63. The molecule has 1 amide bonds. The van der Waals surface area contributed by atoms with Crippen molar-refractivity contribution in [1.29, 1.82) is 0 Å². The Bertz CT molecular complexity index is 725.